The van der Waals surface area contributed by atoms with Gasteiger partial charge in [-0.05, 0) is 10.8 Å². The van der Waals surface area contributed by atoms with E-state index in [2.05, 4.69) is 110 Å². The predicted molar refractivity (Wildman–Crippen MR) is 160 cm³/mol. The Morgan fingerprint density at radius 3 is 1.58 bits per heavy atom. The number of hydrogen-bond acceptors (Lipinski definition) is 0. The fourth-order valence-electron chi connectivity index (χ4n) is 4.18. The zero-order valence-electron chi connectivity index (χ0n) is 24.2. The summed E-state index contributed by atoms with van der Waals surface area (Å²) in [6.07, 6.45) is 18.3. The number of benzene rings is 2. The molecule has 36 heavy (non-hydrogen) atoms. The minimum Gasteiger partial charge on any atom is -0.273 e. The maximum atomic E-state index is 2.99. The molecule has 0 fully saturated rings. The van der Waals surface area contributed by atoms with Crippen molar-refractivity contribution in [3.8, 4) is 0 Å². The quantitative estimate of drug-likeness (QED) is 0.263. The van der Waals surface area contributed by atoms with E-state index in [-0.39, 0.29) is 10.8 Å². The zero-order chi connectivity index (χ0) is 26.8. The molecule has 0 saturated carbocycles. The summed E-state index contributed by atoms with van der Waals surface area (Å²) in [5.41, 5.74) is 3.20. The summed E-state index contributed by atoms with van der Waals surface area (Å²) in [6, 6.07) is 16.1. The Bertz CT molecular complexity index is 1070. The molecule has 3 aromatic rings. The van der Waals surface area contributed by atoms with Crippen LogP contribution in [0.3, 0.4) is 0 Å². The Balaban J connectivity index is 0.000000252. The number of allylic oxidation sites excluding steroid dienone is 4. The Labute approximate surface area is 237 Å². The Morgan fingerprint density at radius 1 is 0.806 bits per heavy atom. The van der Waals surface area contributed by atoms with Gasteiger partial charge in [0, 0.05) is 0 Å². The van der Waals surface area contributed by atoms with Gasteiger partial charge in [0.1, 0.15) is 0 Å². The SMILES string of the molecule is CC(C)(C)c1ccc2[cH-]c3ccc(C(C)(C)C)cc3c2c1.CCCC[C](=[Zr+2])CCCC.[C-]1=CC=CC1. The molecular formula is C35H48Zr. The van der Waals surface area contributed by atoms with Crippen LogP contribution in [-0.2, 0) is 35.1 Å². The van der Waals surface area contributed by atoms with E-state index in [0.717, 1.165) is 6.42 Å². The maximum absolute atomic E-state index is 2.99. The van der Waals surface area contributed by atoms with Gasteiger partial charge in [0.05, 0.1) is 0 Å². The van der Waals surface area contributed by atoms with Crippen LogP contribution >= 0.6 is 0 Å². The fraction of sp³-hybridized carbons (Fsp3) is 0.486. The van der Waals surface area contributed by atoms with Gasteiger partial charge in [-0.1, -0.05) is 76.9 Å². The van der Waals surface area contributed by atoms with Crippen LogP contribution in [0.15, 0.2) is 60.7 Å². The van der Waals surface area contributed by atoms with Crippen molar-refractivity contribution in [1.82, 2.24) is 0 Å². The van der Waals surface area contributed by atoms with Gasteiger partial charge in [0.15, 0.2) is 0 Å². The van der Waals surface area contributed by atoms with Crippen molar-refractivity contribution in [2.75, 3.05) is 0 Å². The normalized spacial score (nSPS) is 12.9. The molecule has 0 N–H and O–H groups in total. The molecule has 1 aliphatic carbocycles. The van der Waals surface area contributed by atoms with E-state index >= 15 is 0 Å². The molecule has 0 spiro atoms. The predicted octanol–water partition coefficient (Wildman–Crippen LogP) is 10.7. The maximum Gasteiger partial charge on any atom is -0.109 e. The molecule has 0 aliphatic heterocycles. The summed E-state index contributed by atoms with van der Waals surface area (Å²) in [5.74, 6) is 0. The first-order valence-corrected chi connectivity index (χ1v) is 15.1. The van der Waals surface area contributed by atoms with Gasteiger partial charge in [-0.3, -0.25) is 6.08 Å². The molecular weight excluding hydrogens is 512 g/mol. The van der Waals surface area contributed by atoms with Gasteiger partial charge < -0.3 is 0 Å². The van der Waals surface area contributed by atoms with E-state index < -0.39 is 0 Å². The van der Waals surface area contributed by atoms with E-state index in [4.69, 9.17) is 0 Å². The Hall–Kier alpha value is -1.46. The van der Waals surface area contributed by atoms with E-state index in [1.165, 1.54) is 71.2 Å². The fourth-order valence-corrected chi connectivity index (χ4v) is 5.05. The molecule has 0 unspecified atom stereocenters. The number of unbranched alkanes of at least 4 members (excludes halogenated alkanes) is 2. The van der Waals surface area contributed by atoms with E-state index in [0.29, 0.717) is 0 Å². The van der Waals surface area contributed by atoms with Crippen LogP contribution < -0.4 is 0 Å². The molecule has 0 nitrogen and oxygen atoms in total. The molecule has 4 rings (SSSR count). The van der Waals surface area contributed by atoms with E-state index in [9.17, 15) is 0 Å². The van der Waals surface area contributed by atoms with Crippen molar-refractivity contribution >= 4 is 24.8 Å². The molecule has 0 saturated heterocycles. The van der Waals surface area contributed by atoms with Crippen molar-refractivity contribution in [2.45, 2.75) is 111 Å². The molecule has 1 aliphatic rings. The number of hydrogen-bond donors (Lipinski definition) is 0. The smallest absolute Gasteiger partial charge is 0.109 e. The zero-order valence-corrected chi connectivity index (χ0v) is 26.7. The van der Waals surface area contributed by atoms with Crippen molar-refractivity contribution in [1.29, 1.82) is 0 Å². The van der Waals surface area contributed by atoms with Gasteiger partial charge in [-0.25, -0.2) is 12.2 Å². The van der Waals surface area contributed by atoms with Gasteiger partial charge in [0.2, 0.25) is 0 Å². The van der Waals surface area contributed by atoms with Crippen molar-refractivity contribution in [2.24, 2.45) is 0 Å². The van der Waals surface area contributed by atoms with E-state index in [1.54, 1.807) is 27.4 Å². The summed E-state index contributed by atoms with van der Waals surface area (Å²) >= 11 is 1.67. The van der Waals surface area contributed by atoms with Gasteiger partial charge in [-0.2, -0.15) is 6.08 Å². The topological polar surface area (TPSA) is 0 Å². The first-order chi connectivity index (χ1) is 17.0. The van der Waals surface area contributed by atoms with Crippen LogP contribution in [0.2, 0.25) is 0 Å². The molecule has 0 bridgehead atoms. The van der Waals surface area contributed by atoms with Crippen LogP contribution in [0.25, 0.3) is 21.5 Å². The standard InChI is InChI=1S/C21H25.C9H18.C5H5.Zr/c1-20(2,3)16-9-7-14-11-15-8-10-17(21(4,5)6)13-19(15)18(14)12-16;1-3-5-7-9-8-6-4-2;1-2-4-5-3-1;/h7-13H,1-6H3;3-8H2,1-2H3;1-3H,4H2;/q-1;;-1;+2. The third kappa shape index (κ3) is 9.78. The molecule has 0 amide bonds. The first kappa shape index (κ1) is 30.8. The Kier molecular flexibility index (Phi) is 12.4. The monoisotopic (exact) mass is 558 g/mol. The van der Waals surface area contributed by atoms with Gasteiger partial charge in [-0.15, -0.1) is 46.2 Å². The largest absolute Gasteiger partial charge is 0.273 e. The summed E-state index contributed by atoms with van der Waals surface area (Å²) in [4.78, 5) is 0. The van der Waals surface area contributed by atoms with Crippen molar-refractivity contribution in [3.05, 3.63) is 77.9 Å². The summed E-state index contributed by atoms with van der Waals surface area (Å²) in [7, 11) is 0. The van der Waals surface area contributed by atoms with Gasteiger partial charge >= 0.3 is 79.8 Å². The average Bonchev–Trinajstić information content (AvgIpc) is 3.51. The molecule has 3 aromatic carbocycles. The van der Waals surface area contributed by atoms with Gasteiger partial charge in [0.25, 0.3) is 0 Å². The number of rotatable bonds is 6. The summed E-state index contributed by atoms with van der Waals surface area (Å²) < 4.78 is 1.79. The van der Waals surface area contributed by atoms with Crippen LogP contribution in [-0.4, -0.2) is 3.21 Å². The summed E-state index contributed by atoms with van der Waals surface area (Å²) in [6.45, 7) is 18.2. The second-order valence-corrected chi connectivity index (χ2v) is 13.8. The molecule has 192 valence electrons. The average molecular weight is 560 g/mol. The second kappa shape index (κ2) is 14.5. The number of fused-ring (bicyclic) bond motifs is 3. The van der Waals surface area contributed by atoms with Crippen molar-refractivity contribution in [3.63, 3.8) is 0 Å². The van der Waals surface area contributed by atoms with Crippen LogP contribution in [0, 0.1) is 6.08 Å². The third-order valence-corrected chi connectivity index (χ3v) is 7.92. The first-order valence-electron chi connectivity index (χ1n) is 13.9. The van der Waals surface area contributed by atoms with Crippen LogP contribution in [0.5, 0.6) is 0 Å². The third-order valence-electron chi connectivity index (χ3n) is 6.69. The van der Waals surface area contributed by atoms with E-state index in [1.807, 2.05) is 12.2 Å². The molecule has 0 aromatic heterocycles. The minimum atomic E-state index is 0.194. The van der Waals surface area contributed by atoms with Crippen molar-refractivity contribution < 1.29 is 24.2 Å². The van der Waals surface area contributed by atoms with Crippen LogP contribution in [0.1, 0.15) is 111 Å². The molecule has 1 heteroatoms. The minimum absolute atomic E-state index is 0.194. The second-order valence-electron chi connectivity index (χ2n) is 12.1. The molecule has 0 radical (unpaired) electrons. The van der Waals surface area contributed by atoms with Crippen LogP contribution in [0.4, 0.5) is 0 Å². The molecule has 0 atom stereocenters. The Morgan fingerprint density at radius 2 is 1.28 bits per heavy atom. The molecule has 0 heterocycles. The summed E-state index contributed by atoms with van der Waals surface area (Å²) in [5, 5.41) is 5.49.